The predicted octanol–water partition coefficient (Wildman–Crippen LogP) is 4.00. The number of aromatic nitrogens is 2. The largest absolute Gasteiger partial charge is 0.396 e. The lowest BCUT2D eigenvalue weighted by molar-refractivity contribution is 0.0934. The summed E-state index contributed by atoms with van der Waals surface area (Å²) in [4.78, 5) is 26.2. The first-order valence-electron chi connectivity index (χ1n) is 8.58. The summed E-state index contributed by atoms with van der Waals surface area (Å²) < 4.78 is 0. The van der Waals surface area contributed by atoms with Crippen LogP contribution in [0.4, 0.5) is 0 Å². The lowest BCUT2D eigenvalue weighted by Crippen LogP contribution is -2.10. The molecule has 0 amide bonds. The number of pyridine rings is 2. The van der Waals surface area contributed by atoms with Gasteiger partial charge in [0, 0.05) is 17.3 Å². The zero-order valence-corrected chi connectivity index (χ0v) is 15.3. The van der Waals surface area contributed by atoms with Crippen molar-refractivity contribution in [2.75, 3.05) is 6.61 Å². The molecule has 0 N–H and O–H groups in total. The van der Waals surface area contributed by atoms with Gasteiger partial charge in [-0.2, -0.15) is 0 Å². The van der Waals surface area contributed by atoms with Crippen molar-refractivity contribution in [1.29, 1.82) is 0 Å². The molecule has 0 fully saturated rings. The van der Waals surface area contributed by atoms with E-state index in [1.807, 2.05) is 58.0 Å². The zero-order valence-electron chi connectivity index (χ0n) is 15.3. The molecule has 0 bridgehead atoms. The first-order valence-corrected chi connectivity index (χ1v) is 8.58. The Bertz CT molecular complexity index is 754. The number of rotatable bonds is 8. The van der Waals surface area contributed by atoms with Gasteiger partial charge in [0.25, 0.3) is 0 Å². The number of hydrogen-bond acceptors (Lipinski definition) is 5. The summed E-state index contributed by atoms with van der Waals surface area (Å²) in [7, 11) is 0. The Hall–Kier alpha value is -2.56. The van der Waals surface area contributed by atoms with Crippen molar-refractivity contribution in [3.63, 3.8) is 0 Å². The summed E-state index contributed by atoms with van der Waals surface area (Å²) in [5.74, 6) is 0.0302. The third-order valence-corrected chi connectivity index (χ3v) is 3.71. The SMILES string of the molecule is C/C(=N/OCCCc1cccc(C(=O)C(C)C)n1)c1cccc(C)n1. The number of nitrogens with zero attached hydrogens (tertiary/aromatic N) is 3. The fraction of sp³-hybridized carbons (Fsp3) is 0.400. The van der Waals surface area contributed by atoms with Gasteiger partial charge in [-0.05, 0) is 51.0 Å². The van der Waals surface area contributed by atoms with Crippen LogP contribution in [-0.2, 0) is 11.3 Å². The summed E-state index contributed by atoms with van der Waals surface area (Å²) in [6.45, 7) is 8.09. The molecule has 2 heterocycles. The van der Waals surface area contributed by atoms with Gasteiger partial charge in [0.05, 0.1) is 5.69 Å². The Balaban J connectivity index is 1.82. The molecule has 0 atom stereocenters. The maximum Gasteiger partial charge on any atom is 0.183 e. The Labute approximate surface area is 149 Å². The predicted molar refractivity (Wildman–Crippen MR) is 98.9 cm³/mol. The second kappa shape index (κ2) is 9.06. The number of aryl methyl sites for hydroxylation is 2. The Kier molecular flexibility index (Phi) is 6.81. The number of oxime groups is 1. The summed E-state index contributed by atoms with van der Waals surface area (Å²) >= 11 is 0. The van der Waals surface area contributed by atoms with Crippen molar-refractivity contribution in [3.8, 4) is 0 Å². The van der Waals surface area contributed by atoms with Crippen LogP contribution in [0.5, 0.6) is 0 Å². The van der Waals surface area contributed by atoms with E-state index < -0.39 is 0 Å². The lowest BCUT2D eigenvalue weighted by atomic mass is 10.1. The number of carbonyl (C=O) groups excluding carboxylic acids is 1. The van der Waals surface area contributed by atoms with Crippen molar-refractivity contribution >= 4 is 11.5 Å². The van der Waals surface area contributed by atoms with Gasteiger partial charge in [-0.15, -0.1) is 0 Å². The third-order valence-electron chi connectivity index (χ3n) is 3.71. The van der Waals surface area contributed by atoms with Crippen LogP contribution in [0.15, 0.2) is 41.6 Å². The zero-order chi connectivity index (χ0) is 18.2. The Morgan fingerprint density at radius 2 is 1.84 bits per heavy atom. The van der Waals surface area contributed by atoms with Crippen LogP contribution in [-0.4, -0.2) is 28.1 Å². The fourth-order valence-corrected chi connectivity index (χ4v) is 2.30. The first-order chi connectivity index (χ1) is 12.0. The van der Waals surface area contributed by atoms with E-state index in [2.05, 4.69) is 15.1 Å². The molecule has 0 aliphatic rings. The molecule has 0 saturated carbocycles. The molecule has 5 nitrogen and oxygen atoms in total. The molecule has 0 spiro atoms. The fourth-order valence-electron chi connectivity index (χ4n) is 2.30. The van der Waals surface area contributed by atoms with Crippen LogP contribution in [0.1, 0.15) is 54.8 Å². The van der Waals surface area contributed by atoms with Crippen LogP contribution < -0.4 is 0 Å². The van der Waals surface area contributed by atoms with E-state index in [4.69, 9.17) is 4.84 Å². The summed E-state index contributed by atoms with van der Waals surface area (Å²) in [6.07, 6.45) is 1.53. The highest BCUT2D eigenvalue weighted by atomic mass is 16.6. The number of ketones is 1. The number of carbonyl (C=O) groups is 1. The average Bonchev–Trinajstić information content (AvgIpc) is 2.60. The second-order valence-electron chi connectivity index (χ2n) is 6.31. The molecule has 132 valence electrons. The third kappa shape index (κ3) is 5.78. The minimum atomic E-state index is -0.0429. The maximum atomic E-state index is 12.0. The maximum absolute atomic E-state index is 12.0. The van der Waals surface area contributed by atoms with Crippen molar-refractivity contribution < 1.29 is 9.63 Å². The molecule has 0 radical (unpaired) electrons. The molecule has 2 aromatic heterocycles. The second-order valence-corrected chi connectivity index (χ2v) is 6.31. The molecule has 5 heteroatoms. The molecule has 2 rings (SSSR count). The molecule has 0 aromatic carbocycles. The highest BCUT2D eigenvalue weighted by molar-refractivity contribution is 5.96. The topological polar surface area (TPSA) is 64.4 Å². The minimum Gasteiger partial charge on any atom is -0.396 e. The van der Waals surface area contributed by atoms with E-state index in [9.17, 15) is 4.79 Å². The van der Waals surface area contributed by atoms with Crippen LogP contribution >= 0.6 is 0 Å². The highest BCUT2D eigenvalue weighted by Gasteiger charge is 2.12. The standard InChI is InChI=1S/C20H25N3O2/c1-14(2)20(24)19-12-6-9-17(22-19)10-7-13-25-23-16(4)18-11-5-8-15(3)21-18/h5-6,8-9,11-12,14H,7,10,13H2,1-4H3/b23-16-. The first kappa shape index (κ1) is 18.8. The Morgan fingerprint density at radius 3 is 2.56 bits per heavy atom. The van der Waals surface area contributed by atoms with Crippen LogP contribution in [0.2, 0.25) is 0 Å². The molecule has 0 unspecified atom stereocenters. The Morgan fingerprint density at radius 1 is 1.12 bits per heavy atom. The van der Waals surface area contributed by atoms with Crippen LogP contribution in [0.3, 0.4) is 0 Å². The van der Waals surface area contributed by atoms with Crippen LogP contribution in [0, 0.1) is 12.8 Å². The highest BCUT2D eigenvalue weighted by Crippen LogP contribution is 2.08. The number of Topliss-reactive ketones (excluding diaryl/α,β-unsaturated/α-hetero) is 1. The van der Waals surface area contributed by atoms with Crippen molar-refractivity contribution in [2.24, 2.45) is 11.1 Å². The van der Waals surface area contributed by atoms with Crippen molar-refractivity contribution in [2.45, 2.75) is 40.5 Å². The average molecular weight is 339 g/mol. The van der Waals surface area contributed by atoms with Gasteiger partial charge in [-0.25, -0.2) is 4.98 Å². The van der Waals surface area contributed by atoms with Crippen molar-refractivity contribution in [3.05, 3.63) is 59.2 Å². The van der Waals surface area contributed by atoms with E-state index in [-0.39, 0.29) is 11.7 Å². The number of hydrogen-bond donors (Lipinski definition) is 0. The normalized spacial score (nSPS) is 11.6. The van der Waals surface area contributed by atoms with Crippen molar-refractivity contribution in [1.82, 2.24) is 9.97 Å². The molecular weight excluding hydrogens is 314 g/mol. The van der Waals surface area contributed by atoms with E-state index in [1.165, 1.54) is 0 Å². The van der Waals surface area contributed by atoms with Gasteiger partial charge in [0.15, 0.2) is 5.78 Å². The molecule has 2 aromatic rings. The van der Waals surface area contributed by atoms with E-state index in [0.717, 1.165) is 35.6 Å². The van der Waals surface area contributed by atoms with Gasteiger partial charge in [-0.3, -0.25) is 9.78 Å². The smallest absolute Gasteiger partial charge is 0.183 e. The monoisotopic (exact) mass is 339 g/mol. The molecule has 0 aliphatic heterocycles. The van der Waals surface area contributed by atoms with Gasteiger partial charge in [-0.1, -0.05) is 31.1 Å². The molecule has 0 saturated heterocycles. The van der Waals surface area contributed by atoms with Gasteiger partial charge in [0.1, 0.15) is 18.0 Å². The van der Waals surface area contributed by atoms with Gasteiger partial charge < -0.3 is 4.84 Å². The van der Waals surface area contributed by atoms with Gasteiger partial charge in [0.2, 0.25) is 0 Å². The minimum absolute atomic E-state index is 0.0429. The van der Waals surface area contributed by atoms with E-state index >= 15 is 0 Å². The molecule has 25 heavy (non-hydrogen) atoms. The van der Waals surface area contributed by atoms with Crippen LogP contribution in [0.25, 0.3) is 0 Å². The summed E-state index contributed by atoms with van der Waals surface area (Å²) in [5.41, 5.74) is 3.96. The van der Waals surface area contributed by atoms with Gasteiger partial charge >= 0.3 is 0 Å². The van der Waals surface area contributed by atoms with E-state index in [0.29, 0.717) is 12.3 Å². The summed E-state index contributed by atoms with van der Waals surface area (Å²) in [6, 6.07) is 11.4. The lowest BCUT2D eigenvalue weighted by Gasteiger charge is -2.06. The summed E-state index contributed by atoms with van der Waals surface area (Å²) in [5, 5.41) is 4.12. The quantitative estimate of drug-likeness (QED) is 0.316. The molecular formula is C20H25N3O2. The van der Waals surface area contributed by atoms with E-state index in [1.54, 1.807) is 6.07 Å². The molecule has 0 aliphatic carbocycles.